The average Bonchev–Trinajstić information content (AvgIpc) is 3.61. The van der Waals surface area contributed by atoms with Crippen LogP contribution in [-0.4, -0.2) is 0 Å². The van der Waals surface area contributed by atoms with Crippen LogP contribution in [-0.2, 0) is 0 Å². The average molecular weight is 562 g/mol. The van der Waals surface area contributed by atoms with Crippen LogP contribution in [0.4, 0.5) is 0 Å². The van der Waals surface area contributed by atoms with Crippen LogP contribution in [0.25, 0.3) is 87.6 Å². The molecule has 0 radical (unpaired) electrons. The van der Waals surface area contributed by atoms with Crippen LogP contribution in [0.15, 0.2) is 162 Å². The van der Waals surface area contributed by atoms with Crippen molar-refractivity contribution >= 4 is 54.3 Å². The molecule has 43 heavy (non-hydrogen) atoms. The summed E-state index contributed by atoms with van der Waals surface area (Å²) >= 11 is 0. The van der Waals surface area contributed by atoms with Crippen LogP contribution in [0.2, 0.25) is 0 Å². The van der Waals surface area contributed by atoms with Crippen molar-refractivity contribution in [3.63, 3.8) is 0 Å². The molecule has 9 aromatic rings. The second-order valence-corrected chi connectivity index (χ2v) is 10.1. The smallest absolute Gasteiger partial charge is 0.135 e. The molecule has 0 N–H and O–H groups in total. The lowest BCUT2D eigenvalue weighted by atomic mass is 9.84. The monoisotopic (exact) mass is 561 g/mol. The van der Waals surface area contributed by atoms with Crippen molar-refractivity contribution in [1.29, 1.82) is 0 Å². The Balaban J connectivity index is 1.46. The summed E-state index contributed by atoms with van der Waals surface area (Å²) in [4.78, 5) is 0. The van der Waals surface area contributed by atoms with Gasteiger partial charge in [-0.15, -0.1) is 0 Å². The first kappa shape index (κ1) is 13.5. The molecule has 0 fully saturated rings. The third-order valence-corrected chi connectivity index (χ3v) is 7.82. The zero-order chi connectivity index (χ0) is 41.4. The summed E-state index contributed by atoms with van der Waals surface area (Å²) in [5.74, 6) is 0. The van der Waals surface area contributed by atoms with Gasteiger partial charge >= 0.3 is 0 Å². The van der Waals surface area contributed by atoms with Gasteiger partial charge in [-0.2, -0.15) is 0 Å². The summed E-state index contributed by atoms with van der Waals surface area (Å²) in [6, 6.07) is 10.2. The minimum atomic E-state index is -0.753. The first-order valence-electron chi connectivity index (χ1n) is 21.0. The maximum absolute atomic E-state index is 9.29. The molecule has 1 aromatic heterocycles. The normalized spacial score (nSPS) is 16.6. The SMILES string of the molecule is [2H]c1c([2H])c([2H])c2c(-c3c4c([2H])c([2H])c([2H])c([2H])c4c(-c4ccc(-c5ccc6oc7ccccc7c6c5)cc4)c4c([2H])c([2H])c([2H])c([2H])c34)c([2H])c([2H])c([2H])c2c1[2H]. The molecule has 8 aromatic carbocycles. The van der Waals surface area contributed by atoms with E-state index in [1.807, 2.05) is 42.5 Å². The van der Waals surface area contributed by atoms with Crippen LogP contribution < -0.4 is 0 Å². The number of fused-ring (bicyclic) bond motifs is 6. The Morgan fingerprint density at radius 1 is 0.395 bits per heavy atom. The van der Waals surface area contributed by atoms with Gasteiger partial charge in [0.1, 0.15) is 11.2 Å². The minimum absolute atomic E-state index is 0.0385. The maximum Gasteiger partial charge on any atom is 0.135 e. The fourth-order valence-electron chi connectivity index (χ4n) is 5.90. The largest absolute Gasteiger partial charge is 0.456 e. The second kappa shape index (κ2) is 9.44. The highest BCUT2D eigenvalue weighted by Gasteiger charge is 2.18. The van der Waals surface area contributed by atoms with E-state index in [0.717, 1.165) is 27.5 Å². The molecule has 0 aliphatic heterocycles. The third-order valence-electron chi connectivity index (χ3n) is 7.82. The topological polar surface area (TPSA) is 13.1 Å². The molecule has 1 heterocycles. The number of para-hydroxylation sites is 1. The van der Waals surface area contributed by atoms with Crippen molar-refractivity contribution < 1.29 is 25.0 Å². The Hall–Kier alpha value is -5.66. The maximum atomic E-state index is 9.29. The van der Waals surface area contributed by atoms with E-state index in [-0.39, 0.29) is 32.7 Å². The molecule has 9 rings (SSSR count). The molecule has 1 heteroatoms. The van der Waals surface area contributed by atoms with Crippen molar-refractivity contribution in [3.8, 4) is 33.4 Å². The van der Waals surface area contributed by atoms with Gasteiger partial charge < -0.3 is 4.42 Å². The van der Waals surface area contributed by atoms with Crippen LogP contribution in [0.3, 0.4) is 0 Å². The molecule has 1 nitrogen and oxygen atoms in total. The van der Waals surface area contributed by atoms with Crippen LogP contribution >= 0.6 is 0 Å². The Bertz CT molecular complexity index is 3250. The Labute approximate surface area is 270 Å². The highest BCUT2D eigenvalue weighted by molar-refractivity contribution is 6.23. The number of furan rings is 1. The Morgan fingerprint density at radius 3 is 1.70 bits per heavy atom. The highest BCUT2D eigenvalue weighted by Crippen LogP contribution is 2.45. The summed E-state index contributed by atoms with van der Waals surface area (Å²) in [7, 11) is 0. The molecule has 0 spiro atoms. The molecule has 0 aliphatic rings. The lowest BCUT2D eigenvalue weighted by Crippen LogP contribution is -1.91. The molecule has 0 saturated carbocycles. The Kier molecular flexibility index (Phi) is 2.97. The fourth-order valence-corrected chi connectivity index (χ4v) is 5.90. The summed E-state index contributed by atoms with van der Waals surface area (Å²) in [6.07, 6.45) is 0. The van der Waals surface area contributed by atoms with Crippen molar-refractivity contribution in [2.45, 2.75) is 0 Å². The van der Waals surface area contributed by atoms with E-state index < -0.39 is 107 Å². The number of benzene rings is 8. The molecule has 0 bridgehead atoms. The van der Waals surface area contributed by atoms with Gasteiger partial charge in [0, 0.05) is 10.8 Å². The lowest BCUT2D eigenvalue weighted by molar-refractivity contribution is 0.669. The van der Waals surface area contributed by atoms with Gasteiger partial charge in [-0.3, -0.25) is 0 Å². The van der Waals surface area contributed by atoms with Gasteiger partial charge in [0.15, 0.2) is 0 Å². The van der Waals surface area contributed by atoms with Gasteiger partial charge in [0.2, 0.25) is 0 Å². The molecule has 200 valence electrons. The van der Waals surface area contributed by atoms with Crippen molar-refractivity contribution in [3.05, 3.63) is 157 Å². The quantitative estimate of drug-likeness (QED) is 0.196. The van der Waals surface area contributed by atoms with Crippen molar-refractivity contribution in [2.24, 2.45) is 0 Å². The van der Waals surface area contributed by atoms with Gasteiger partial charge in [-0.1, -0.05) is 139 Å². The van der Waals surface area contributed by atoms with Gasteiger partial charge in [-0.25, -0.2) is 0 Å². The lowest BCUT2D eigenvalue weighted by Gasteiger charge is -2.19. The highest BCUT2D eigenvalue weighted by atomic mass is 16.3. The zero-order valence-electron chi connectivity index (χ0n) is 37.3. The molecule has 0 aliphatic carbocycles. The fraction of sp³-hybridized carbons (Fsp3) is 0. The first-order valence-corrected chi connectivity index (χ1v) is 13.5. The van der Waals surface area contributed by atoms with Gasteiger partial charge in [0.25, 0.3) is 0 Å². The van der Waals surface area contributed by atoms with E-state index in [1.165, 1.54) is 0 Å². The zero-order valence-corrected chi connectivity index (χ0v) is 22.3. The van der Waals surface area contributed by atoms with Crippen LogP contribution in [0.1, 0.15) is 20.6 Å². The van der Waals surface area contributed by atoms with Gasteiger partial charge in [0.05, 0.1) is 20.6 Å². The van der Waals surface area contributed by atoms with E-state index >= 15 is 0 Å². The molecular weight excluding hydrogens is 520 g/mol. The standard InChI is InChI=1S/C42H26O/c1-2-12-31-28(10-1)11-9-18-33(31)42-36-16-5-3-14-34(36)41(35-15-4-6-17-37(35)42)29-22-20-27(21-23-29)30-24-25-40-38(26-30)32-13-7-8-19-39(32)43-40/h1-26H/i1D,2D,3D,4D,5D,6D,9D,10D,11D,12D,14D,15D,16D,17D,18D. The number of rotatable bonds is 3. The van der Waals surface area contributed by atoms with E-state index in [4.69, 9.17) is 18.1 Å². The molecule has 0 saturated heterocycles. The third kappa shape index (κ3) is 3.72. The van der Waals surface area contributed by atoms with Crippen molar-refractivity contribution in [1.82, 2.24) is 0 Å². The van der Waals surface area contributed by atoms with E-state index in [1.54, 1.807) is 24.3 Å². The van der Waals surface area contributed by atoms with E-state index in [0.29, 0.717) is 11.1 Å². The summed E-state index contributed by atoms with van der Waals surface area (Å²) in [6.45, 7) is 0. The molecular formula is C42H26O. The molecule has 0 amide bonds. The van der Waals surface area contributed by atoms with E-state index in [2.05, 4.69) is 0 Å². The summed E-state index contributed by atoms with van der Waals surface area (Å²) in [5.41, 5.74) is 2.63. The second-order valence-electron chi connectivity index (χ2n) is 10.1. The number of hydrogen-bond acceptors (Lipinski definition) is 1. The first-order chi connectivity index (χ1) is 27.6. The molecule has 0 unspecified atom stereocenters. The summed E-state index contributed by atoms with van der Waals surface area (Å²) < 4.78 is 139. The Morgan fingerprint density at radius 2 is 0.953 bits per heavy atom. The molecule has 0 atom stereocenters. The predicted molar refractivity (Wildman–Crippen MR) is 183 cm³/mol. The van der Waals surface area contributed by atoms with E-state index in [9.17, 15) is 6.85 Å². The predicted octanol–water partition coefficient (Wildman–Crippen LogP) is 12.0. The van der Waals surface area contributed by atoms with Crippen LogP contribution in [0.5, 0.6) is 0 Å². The van der Waals surface area contributed by atoms with Crippen molar-refractivity contribution in [2.75, 3.05) is 0 Å². The number of hydrogen-bond donors (Lipinski definition) is 0. The van der Waals surface area contributed by atoms with Gasteiger partial charge in [-0.05, 0) is 83.9 Å². The van der Waals surface area contributed by atoms with Crippen LogP contribution in [0, 0.1) is 0 Å². The summed E-state index contributed by atoms with van der Waals surface area (Å²) in [5, 5.41) is 0.0759. The minimum Gasteiger partial charge on any atom is -0.456 e.